The number of hydrogen-bond donors (Lipinski definition) is 2. The molecule has 1 amide bonds. The molecule has 18 heavy (non-hydrogen) atoms. The highest BCUT2D eigenvalue weighted by Crippen LogP contribution is 2.08. The van der Waals surface area contributed by atoms with Gasteiger partial charge in [-0.1, -0.05) is 0 Å². The van der Waals surface area contributed by atoms with Crippen LogP contribution in [0.3, 0.4) is 0 Å². The van der Waals surface area contributed by atoms with Crippen LogP contribution in [0.4, 0.5) is 10.1 Å². The number of hydrogen-bond acceptors (Lipinski definition) is 3. The van der Waals surface area contributed by atoms with E-state index in [4.69, 9.17) is 4.74 Å². The third-order valence-corrected chi connectivity index (χ3v) is 2.84. The van der Waals surface area contributed by atoms with Gasteiger partial charge in [-0.25, -0.2) is 4.39 Å². The fraction of sp³-hybridized carbons (Fsp3) is 0.462. The van der Waals surface area contributed by atoms with Crippen molar-refractivity contribution in [2.75, 3.05) is 25.1 Å². The molecule has 5 heteroatoms. The summed E-state index contributed by atoms with van der Waals surface area (Å²) in [7, 11) is 0. The van der Waals surface area contributed by atoms with Gasteiger partial charge in [-0.2, -0.15) is 0 Å². The third-order valence-electron chi connectivity index (χ3n) is 2.84. The second-order valence-electron chi connectivity index (χ2n) is 4.35. The van der Waals surface area contributed by atoms with Crippen LogP contribution in [-0.2, 0) is 9.53 Å². The summed E-state index contributed by atoms with van der Waals surface area (Å²) in [6.45, 7) is 1.70. The van der Waals surface area contributed by atoms with E-state index in [0.717, 1.165) is 19.4 Å². The minimum absolute atomic E-state index is 0.132. The van der Waals surface area contributed by atoms with Crippen molar-refractivity contribution in [1.82, 2.24) is 5.32 Å². The first-order valence-corrected chi connectivity index (χ1v) is 6.10. The normalized spacial score (nSPS) is 19.5. The number of carbonyl (C=O) groups excluding carboxylic acids is 1. The van der Waals surface area contributed by atoms with Gasteiger partial charge in [0.2, 0.25) is 5.91 Å². The molecule has 1 atom stereocenters. The summed E-state index contributed by atoms with van der Waals surface area (Å²) >= 11 is 0. The Balaban J connectivity index is 1.73. The number of carbonyl (C=O) groups is 1. The smallest absolute Gasteiger partial charge is 0.238 e. The molecule has 1 aliphatic rings. The molecule has 1 fully saturated rings. The zero-order valence-corrected chi connectivity index (χ0v) is 10.1. The predicted octanol–water partition coefficient (Wildman–Crippen LogP) is 1.53. The van der Waals surface area contributed by atoms with Crippen LogP contribution in [0.25, 0.3) is 0 Å². The highest BCUT2D eigenvalue weighted by Gasteiger charge is 2.14. The molecule has 0 saturated carbocycles. The zero-order chi connectivity index (χ0) is 12.8. The van der Waals surface area contributed by atoms with Gasteiger partial charge in [-0.3, -0.25) is 4.79 Å². The van der Waals surface area contributed by atoms with Gasteiger partial charge in [0.1, 0.15) is 5.82 Å². The SMILES string of the molecule is O=C(CNC1CCCOC1)Nc1ccc(F)cc1. The Bertz CT molecular complexity index is 388. The number of rotatable bonds is 4. The van der Waals surface area contributed by atoms with E-state index < -0.39 is 0 Å². The lowest BCUT2D eigenvalue weighted by molar-refractivity contribution is -0.115. The van der Waals surface area contributed by atoms with E-state index in [2.05, 4.69) is 10.6 Å². The molecule has 0 aliphatic carbocycles. The molecule has 1 aliphatic heterocycles. The molecule has 98 valence electrons. The van der Waals surface area contributed by atoms with Gasteiger partial charge in [-0.05, 0) is 37.1 Å². The molecule has 0 spiro atoms. The Labute approximate surface area is 106 Å². The van der Waals surface area contributed by atoms with Crippen molar-refractivity contribution in [1.29, 1.82) is 0 Å². The summed E-state index contributed by atoms with van der Waals surface area (Å²) in [5.74, 6) is -0.447. The van der Waals surface area contributed by atoms with Crippen LogP contribution >= 0.6 is 0 Å². The van der Waals surface area contributed by atoms with Crippen molar-refractivity contribution in [3.05, 3.63) is 30.1 Å². The van der Waals surface area contributed by atoms with Crippen molar-refractivity contribution < 1.29 is 13.9 Å². The van der Waals surface area contributed by atoms with E-state index in [-0.39, 0.29) is 24.3 Å². The molecule has 2 N–H and O–H groups in total. The van der Waals surface area contributed by atoms with Gasteiger partial charge >= 0.3 is 0 Å². The van der Waals surface area contributed by atoms with Gasteiger partial charge in [0, 0.05) is 18.3 Å². The lowest BCUT2D eigenvalue weighted by Gasteiger charge is -2.22. The van der Waals surface area contributed by atoms with E-state index in [0.29, 0.717) is 12.3 Å². The summed E-state index contributed by atoms with van der Waals surface area (Å²) in [4.78, 5) is 11.6. The van der Waals surface area contributed by atoms with Gasteiger partial charge in [0.05, 0.1) is 13.2 Å². The highest BCUT2D eigenvalue weighted by atomic mass is 19.1. The van der Waals surface area contributed by atoms with Gasteiger partial charge in [0.25, 0.3) is 0 Å². The Hall–Kier alpha value is -1.46. The Morgan fingerprint density at radius 2 is 2.17 bits per heavy atom. The number of anilines is 1. The van der Waals surface area contributed by atoms with Crippen molar-refractivity contribution >= 4 is 11.6 Å². The minimum atomic E-state index is -0.314. The average molecular weight is 252 g/mol. The van der Waals surface area contributed by atoms with E-state index in [1.165, 1.54) is 24.3 Å². The van der Waals surface area contributed by atoms with E-state index in [1.807, 2.05) is 0 Å². The molecule has 4 nitrogen and oxygen atoms in total. The van der Waals surface area contributed by atoms with Crippen LogP contribution in [0.5, 0.6) is 0 Å². The van der Waals surface area contributed by atoms with Crippen LogP contribution in [0.15, 0.2) is 24.3 Å². The average Bonchev–Trinajstić information content (AvgIpc) is 2.40. The first kappa shape index (κ1) is 13.0. The second kappa shape index (κ2) is 6.47. The van der Waals surface area contributed by atoms with Crippen molar-refractivity contribution in [3.8, 4) is 0 Å². The van der Waals surface area contributed by atoms with Crippen LogP contribution < -0.4 is 10.6 Å². The molecule has 1 saturated heterocycles. The molecular formula is C13H17FN2O2. The number of halogens is 1. The van der Waals surface area contributed by atoms with Gasteiger partial charge < -0.3 is 15.4 Å². The molecular weight excluding hydrogens is 235 g/mol. The van der Waals surface area contributed by atoms with Crippen LogP contribution in [0, 0.1) is 5.82 Å². The molecule has 1 aromatic rings. The summed E-state index contributed by atoms with van der Waals surface area (Å²) in [5.41, 5.74) is 0.600. The lowest BCUT2D eigenvalue weighted by Crippen LogP contribution is -2.41. The predicted molar refractivity (Wildman–Crippen MR) is 66.9 cm³/mol. The maximum Gasteiger partial charge on any atom is 0.238 e. The molecule has 1 heterocycles. The van der Waals surface area contributed by atoms with E-state index in [9.17, 15) is 9.18 Å². The molecule has 2 rings (SSSR count). The van der Waals surface area contributed by atoms with Crippen molar-refractivity contribution in [2.45, 2.75) is 18.9 Å². The Morgan fingerprint density at radius 3 is 2.83 bits per heavy atom. The Kier molecular flexibility index (Phi) is 4.66. The number of ether oxygens (including phenoxy) is 1. The first-order valence-electron chi connectivity index (χ1n) is 6.10. The topological polar surface area (TPSA) is 50.4 Å². The second-order valence-corrected chi connectivity index (χ2v) is 4.35. The molecule has 1 unspecified atom stereocenters. The largest absolute Gasteiger partial charge is 0.380 e. The molecule has 0 radical (unpaired) electrons. The zero-order valence-electron chi connectivity index (χ0n) is 10.1. The van der Waals surface area contributed by atoms with Crippen LogP contribution in [0.2, 0.25) is 0 Å². The van der Waals surface area contributed by atoms with E-state index >= 15 is 0 Å². The summed E-state index contributed by atoms with van der Waals surface area (Å²) in [5, 5.41) is 5.84. The number of benzene rings is 1. The van der Waals surface area contributed by atoms with Crippen LogP contribution in [0.1, 0.15) is 12.8 Å². The third kappa shape index (κ3) is 4.09. The quantitative estimate of drug-likeness (QED) is 0.854. The van der Waals surface area contributed by atoms with Crippen molar-refractivity contribution in [3.63, 3.8) is 0 Å². The molecule has 1 aromatic carbocycles. The minimum Gasteiger partial charge on any atom is -0.380 e. The maximum absolute atomic E-state index is 12.7. The van der Waals surface area contributed by atoms with E-state index in [1.54, 1.807) is 0 Å². The molecule has 0 bridgehead atoms. The maximum atomic E-state index is 12.7. The Morgan fingerprint density at radius 1 is 1.39 bits per heavy atom. The summed E-state index contributed by atoms with van der Waals surface area (Å²) < 4.78 is 18.0. The molecule has 0 aromatic heterocycles. The standard InChI is InChI=1S/C13H17FN2O2/c14-10-3-5-11(6-4-10)16-13(17)8-15-12-2-1-7-18-9-12/h3-6,12,15H,1-2,7-9H2,(H,16,17). The highest BCUT2D eigenvalue weighted by molar-refractivity contribution is 5.92. The van der Waals surface area contributed by atoms with Crippen LogP contribution in [-0.4, -0.2) is 31.7 Å². The lowest BCUT2D eigenvalue weighted by atomic mass is 10.1. The van der Waals surface area contributed by atoms with Gasteiger partial charge in [-0.15, -0.1) is 0 Å². The van der Waals surface area contributed by atoms with Gasteiger partial charge in [0.15, 0.2) is 0 Å². The fourth-order valence-corrected chi connectivity index (χ4v) is 1.88. The number of nitrogens with one attached hydrogen (secondary N) is 2. The summed E-state index contributed by atoms with van der Waals surface area (Å²) in [6, 6.07) is 5.96. The number of amides is 1. The van der Waals surface area contributed by atoms with Crippen molar-refractivity contribution in [2.24, 2.45) is 0 Å². The monoisotopic (exact) mass is 252 g/mol. The first-order chi connectivity index (χ1) is 8.74. The summed E-state index contributed by atoms with van der Waals surface area (Å²) in [6.07, 6.45) is 2.06. The fourth-order valence-electron chi connectivity index (χ4n) is 1.88.